The fourth-order valence-corrected chi connectivity index (χ4v) is 2.33. The number of rotatable bonds is 5. The van der Waals surface area contributed by atoms with E-state index in [0.29, 0.717) is 12.5 Å². The summed E-state index contributed by atoms with van der Waals surface area (Å²) in [6, 6.07) is -0.110. The van der Waals surface area contributed by atoms with Crippen LogP contribution in [0.1, 0.15) is 40.0 Å². The molecule has 0 bridgehead atoms. The fourth-order valence-electron chi connectivity index (χ4n) is 2.33. The number of hydrogen-bond donors (Lipinski definition) is 2. The number of piperidine rings is 1. The van der Waals surface area contributed by atoms with Gasteiger partial charge in [-0.25, -0.2) is 0 Å². The standard InChI is InChI=1S/C13H24N2O3/c1-9(2)15(7-5-12(16)17)13(18)11-8-10(3)4-6-14-11/h9-11,14H,4-8H2,1-3H3,(H,16,17). The zero-order valence-corrected chi connectivity index (χ0v) is 11.5. The first kappa shape index (κ1) is 15.0. The molecular formula is C13H24N2O3. The van der Waals surface area contributed by atoms with E-state index in [1.807, 2.05) is 13.8 Å². The summed E-state index contributed by atoms with van der Waals surface area (Å²) in [5.41, 5.74) is 0. The number of carbonyl (C=O) groups excluding carboxylic acids is 1. The molecule has 2 unspecified atom stereocenters. The normalized spacial score (nSPS) is 24.0. The summed E-state index contributed by atoms with van der Waals surface area (Å²) < 4.78 is 0. The van der Waals surface area contributed by atoms with E-state index in [4.69, 9.17) is 5.11 Å². The molecular weight excluding hydrogens is 232 g/mol. The van der Waals surface area contributed by atoms with E-state index in [0.717, 1.165) is 19.4 Å². The van der Waals surface area contributed by atoms with E-state index >= 15 is 0 Å². The lowest BCUT2D eigenvalue weighted by Crippen LogP contribution is -2.52. The van der Waals surface area contributed by atoms with Crippen molar-refractivity contribution in [1.82, 2.24) is 10.2 Å². The van der Waals surface area contributed by atoms with Crippen molar-refractivity contribution in [3.05, 3.63) is 0 Å². The van der Waals surface area contributed by atoms with Crippen LogP contribution in [-0.2, 0) is 9.59 Å². The fraction of sp³-hybridized carbons (Fsp3) is 0.846. The summed E-state index contributed by atoms with van der Waals surface area (Å²) in [6.07, 6.45) is 1.95. The molecule has 0 aromatic heterocycles. The van der Waals surface area contributed by atoms with Gasteiger partial charge in [-0.3, -0.25) is 9.59 Å². The number of aliphatic carboxylic acids is 1. The second-order valence-electron chi connectivity index (χ2n) is 5.41. The van der Waals surface area contributed by atoms with Gasteiger partial charge >= 0.3 is 5.97 Å². The lowest BCUT2D eigenvalue weighted by atomic mass is 9.93. The van der Waals surface area contributed by atoms with Crippen LogP contribution >= 0.6 is 0 Å². The first-order valence-corrected chi connectivity index (χ1v) is 6.67. The molecule has 0 saturated carbocycles. The molecule has 1 rings (SSSR count). The van der Waals surface area contributed by atoms with Gasteiger partial charge in [-0.2, -0.15) is 0 Å². The number of amides is 1. The van der Waals surface area contributed by atoms with Crippen molar-refractivity contribution in [1.29, 1.82) is 0 Å². The quantitative estimate of drug-likeness (QED) is 0.772. The molecule has 0 aromatic carbocycles. The highest BCUT2D eigenvalue weighted by Crippen LogP contribution is 2.17. The predicted molar refractivity (Wildman–Crippen MR) is 69.3 cm³/mol. The summed E-state index contributed by atoms with van der Waals surface area (Å²) in [4.78, 5) is 24.7. The molecule has 1 aliphatic heterocycles. The van der Waals surface area contributed by atoms with Gasteiger partial charge in [0.2, 0.25) is 5.91 Å². The van der Waals surface area contributed by atoms with E-state index in [1.165, 1.54) is 0 Å². The Kier molecular flexibility index (Phi) is 5.59. The predicted octanol–water partition coefficient (Wildman–Crippen LogP) is 1.09. The number of nitrogens with zero attached hydrogens (tertiary/aromatic N) is 1. The molecule has 5 heteroatoms. The van der Waals surface area contributed by atoms with Gasteiger partial charge in [-0.1, -0.05) is 6.92 Å². The van der Waals surface area contributed by atoms with Crippen molar-refractivity contribution in [2.45, 2.75) is 52.1 Å². The van der Waals surface area contributed by atoms with Crippen molar-refractivity contribution in [2.75, 3.05) is 13.1 Å². The van der Waals surface area contributed by atoms with Crippen LogP contribution < -0.4 is 5.32 Å². The monoisotopic (exact) mass is 256 g/mol. The zero-order chi connectivity index (χ0) is 13.7. The highest BCUT2D eigenvalue weighted by molar-refractivity contribution is 5.82. The average molecular weight is 256 g/mol. The number of nitrogens with one attached hydrogen (secondary N) is 1. The Balaban J connectivity index is 2.60. The second kappa shape index (κ2) is 6.73. The van der Waals surface area contributed by atoms with Gasteiger partial charge in [0.25, 0.3) is 0 Å². The Morgan fingerprint density at radius 3 is 2.61 bits per heavy atom. The maximum absolute atomic E-state index is 12.4. The molecule has 0 aliphatic carbocycles. The molecule has 1 aliphatic rings. The van der Waals surface area contributed by atoms with Gasteiger partial charge < -0.3 is 15.3 Å². The Hall–Kier alpha value is -1.10. The molecule has 0 radical (unpaired) electrons. The van der Waals surface area contributed by atoms with Crippen LogP contribution in [0.2, 0.25) is 0 Å². The SMILES string of the molecule is CC1CCNC(C(=O)N(CCC(=O)O)C(C)C)C1. The third-order valence-electron chi connectivity index (χ3n) is 3.44. The highest BCUT2D eigenvalue weighted by atomic mass is 16.4. The Labute approximate surface area is 109 Å². The molecule has 5 nitrogen and oxygen atoms in total. The summed E-state index contributed by atoms with van der Waals surface area (Å²) in [5.74, 6) is -0.273. The van der Waals surface area contributed by atoms with Crippen LogP contribution in [0.15, 0.2) is 0 Å². The van der Waals surface area contributed by atoms with Crippen molar-refractivity contribution in [3.63, 3.8) is 0 Å². The summed E-state index contributed by atoms with van der Waals surface area (Å²) in [7, 11) is 0. The first-order valence-electron chi connectivity index (χ1n) is 6.67. The van der Waals surface area contributed by atoms with Gasteiger partial charge in [-0.05, 0) is 39.2 Å². The van der Waals surface area contributed by atoms with Crippen LogP contribution in [0, 0.1) is 5.92 Å². The molecule has 104 valence electrons. The average Bonchev–Trinajstić information content (AvgIpc) is 2.28. The molecule has 1 amide bonds. The van der Waals surface area contributed by atoms with Crippen LogP contribution in [-0.4, -0.2) is 47.1 Å². The Bertz CT molecular complexity index is 305. The minimum Gasteiger partial charge on any atom is -0.481 e. The maximum Gasteiger partial charge on any atom is 0.305 e. The number of carboxylic acids is 1. The third-order valence-corrected chi connectivity index (χ3v) is 3.44. The smallest absolute Gasteiger partial charge is 0.305 e. The summed E-state index contributed by atoms with van der Waals surface area (Å²) in [5, 5.41) is 12.0. The van der Waals surface area contributed by atoms with Crippen molar-refractivity contribution >= 4 is 11.9 Å². The lowest BCUT2D eigenvalue weighted by Gasteiger charge is -2.34. The third kappa shape index (κ3) is 4.29. The maximum atomic E-state index is 12.4. The van der Waals surface area contributed by atoms with Gasteiger partial charge in [-0.15, -0.1) is 0 Å². The number of carbonyl (C=O) groups is 2. The minimum atomic E-state index is -0.863. The van der Waals surface area contributed by atoms with Crippen LogP contribution in [0.4, 0.5) is 0 Å². The second-order valence-corrected chi connectivity index (χ2v) is 5.41. The van der Waals surface area contributed by atoms with Gasteiger partial charge in [0.15, 0.2) is 0 Å². The van der Waals surface area contributed by atoms with Gasteiger partial charge in [0, 0.05) is 12.6 Å². The van der Waals surface area contributed by atoms with E-state index in [9.17, 15) is 9.59 Å². The van der Waals surface area contributed by atoms with E-state index in [2.05, 4.69) is 12.2 Å². The molecule has 2 N–H and O–H groups in total. The van der Waals surface area contributed by atoms with Crippen LogP contribution in [0.3, 0.4) is 0 Å². The van der Waals surface area contributed by atoms with E-state index in [1.54, 1.807) is 4.90 Å². The zero-order valence-electron chi connectivity index (χ0n) is 11.5. The summed E-state index contributed by atoms with van der Waals surface area (Å²) >= 11 is 0. The van der Waals surface area contributed by atoms with Crippen molar-refractivity contribution in [2.24, 2.45) is 5.92 Å². The highest BCUT2D eigenvalue weighted by Gasteiger charge is 2.29. The lowest BCUT2D eigenvalue weighted by molar-refractivity contribution is -0.140. The Morgan fingerprint density at radius 1 is 1.44 bits per heavy atom. The van der Waals surface area contributed by atoms with E-state index in [-0.39, 0.29) is 24.4 Å². The van der Waals surface area contributed by atoms with Crippen molar-refractivity contribution in [3.8, 4) is 0 Å². The molecule has 0 aromatic rings. The van der Waals surface area contributed by atoms with Crippen LogP contribution in [0.5, 0.6) is 0 Å². The molecule has 1 fully saturated rings. The molecule has 1 saturated heterocycles. The van der Waals surface area contributed by atoms with Crippen LogP contribution in [0.25, 0.3) is 0 Å². The topological polar surface area (TPSA) is 69.6 Å². The molecule has 2 atom stereocenters. The minimum absolute atomic E-state index is 0.00614. The Morgan fingerprint density at radius 2 is 2.11 bits per heavy atom. The first-order chi connectivity index (χ1) is 8.41. The van der Waals surface area contributed by atoms with Gasteiger partial charge in [0.1, 0.15) is 0 Å². The van der Waals surface area contributed by atoms with E-state index < -0.39 is 5.97 Å². The number of carboxylic acid groups (broad SMARTS) is 1. The van der Waals surface area contributed by atoms with Crippen molar-refractivity contribution < 1.29 is 14.7 Å². The number of hydrogen-bond acceptors (Lipinski definition) is 3. The van der Waals surface area contributed by atoms with Gasteiger partial charge in [0.05, 0.1) is 12.5 Å². The molecule has 18 heavy (non-hydrogen) atoms. The molecule has 1 heterocycles. The molecule has 0 spiro atoms. The largest absolute Gasteiger partial charge is 0.481 e. The summed E-state index contributed by atoms with van der Waals surface area (Å²) in [6.45, 7) is 7.15.